The minimum absolute atomic E-state index is 0.124. The van der Waals surface area contributed by atoms with Crippen LogP contribution in [-0.2, 0) is 4.79 Å². The van der Waals surface area contributed by atoms with Gasteiger partial charge in [-0.3, -0.25) is 4.79 Å². The molecule has 2 saturated heterocycles. The Kier molecular flexibility index (Phi) is 4.25. The third-order valence-electron chi connectivity index (χ3n) is 5.38. The van der Waals surface area contributed by atoms with E-state index in [4.69, 9.17) is 4.74 Å². The average molecular weight is 314 g/mol. The summed E-state index contributed by atoms with van der Waals surface area (Å²) in [5.74, 6) is 2.16. The predicted octanol–water partition coefficient (Wildman–Crippen LogP) is 3.33. The van der Waals surface area contributed by atoms with Crippen molar-refractivity contribution >= 4 is 11.6 Å². The standard InChI is InChI=1S/C19H26N2O2/c22-19(11-14-9-15-7-8-16(10-14)20-15)21-17-3-1-2-4-18(17)23-12-13-5-6-13/h1-4,13-16,20H,5-12H2,(H,21,22). The Bertz CT molecular complexity index is 558. The molecule has 2 N–H and O–H groups in total. The van der Waals surface area contributed by atoms with Crippen molar-refractivity contribution in [1.29, 1.82) is 0 Å². The molecular formula is C19H26N2O2. The van der Waals surface area contributed by atoms with Crippen LogP contribution in [0.1, 0.15) is 44.9 Å². The summed E-state index contributed by atoms with van der Waals surface area (Å²) in [4.78, 5) is 12.4. The van der Waals surface area contributed by atoms with Crippen molar-refractivity contribution in [3.05, 3.63) is 24.3 Å². The molecule has 3 fully saturated rings. The van der Waals surface area contributed by atoms with Crippen molar-refractivity contribution in [2.75, 3.05) is 11.9 Å². The van der Waals surface area contributed by atoms with Gasteiger partial charge in [-0.2, -0.15) is 0 Å². The van der Waals surface area contributed by atoms with Crippen LogP contribution in [-0.4, -0.2) is 24.6 Å². The molecule has 1 aliphatic carbocycles. The first-order valence-electron chi connectivity index (χ1n) is 9.04. The molecule has 124 valence electrons. The van der Waals surface area contributed by atoms with Crippen molar-refractivity contribution in [2.45, 2.75) is 57.0 Å². The van der Waals surface area contributed by atoms with Gasteiger partial charge in [0.25, 0.3) is 0 Å². The van der Waals surface area contributed by atoms with Crippen molar-refractivity contribution < 1.29 is 9.53 Å². The zero-order valence-electron chi connectivity index (χ0n) is 13.6. The zero-order chi connectivity index (χ0) is 15.6. The molecule has 2 unspecified atom stereocenters. The van der Waals surface area contributed by atoms with E-state index in [1.54, 1.807) is 0 Å². The molecule has 1 aromatic rings. The number of para-hydroxylation sites is 2. The molecular weight excluding hydrogens is 288 g/mol. The summed E-state index contributed by atoms with van der Waals surface area (Å²) in [5, 5.41) is 6.70. The Labute approximate surface area is 138 Å². The highest BCUT2D eigenvalue weighted by atomic mass is 16.5. The number of fused-ring (bicyclic) bond motifs is 2. The van der Waals surface area contributed by atoms with Gasteiger partial charge in [0.15, 0.2) is 0 Å². The van der Waals surface area contributed by atoms with E-state index in [0.29, 0.717) is 30.3 Å². The Morgan fingerprint density at radius 3 is 2.57 bits per heavy atom. The van der Waals surface area contributed by atoms with Gasteiger partial charge in [-0.1, -0.05) is 12.1 Å². The Morgan fingerprint density at radius 2 is 1.83 bits per heavy atom. The second-order valence-corrected chi connectivity index (χ2v) is 7.48. The fourth-order valence-corrected chi connectivity index (χ4v) is 3.99. The van der Waals surface area contributed by atoms with Crippen LogP contribution >= 0.6 is 0 Å². The third-order valence-corrected chi connectivity index (χ3v) is 5.38. The maximum atomic E-state index is 12.4. The number of piperidine rings is 1. The molecule has 4 rings (SSSR count). The second kappa shape index (κ2) is 6.52. The molecule has 4 heteroatoms. The van der Waals surface area contributed by atoms with Crippen molar-refractivity contribution in [3.8, 4) is 5.75 Å². The molecule has 2 heterocycles. The quantitative estimate of drug-likeness (QED) is 0.847. The lowest BCUT2D eigenvalue weighted by Crippen LogP contribution is -2.39. The average Bonchev–Trinajstić information content (AvgIpc) is 3.30. The number of benzene rings is 1. The van der Waals surface area contributed by atoms with Crippen LogP contribution in [0, 0.1) is 11.8 Å². The highest BCUT2D eigenvalue weighted by Crippen LogP contribution is 2.34. The Balaban J connectivity index is 1.32. The summed E-state index contributed by atoms with van der Waals surface area (Å²) >= 11 is 0. The molecule has 1 amide bonds. The molecule has 0 radical (unpaired) electrons. The minimum atomic E-state index is 0.124. The SMILES string of the molecule is O=C(CC1CC2CCC(C1)N2)Nc1ccccc1OCC1CC1. The normalized spacial score (nSPS) is 29.3. The fourth-order valence-electron chi connectivity index (χ4n) is 3.99. The molecule has 1 saturated carbocycles. The topological polar surface area (TPSA) is 50.4 Å². The summed E-state index contributed by atoms with van der Waals surface area (Å²) in [6.45, 7) is 0.768. The van der Waals surface area contributed by atoms with Crippen LogP contribution in [0.4, 0.5) is 5.69 Å². The predicted molar refractivity (Wildman–Crippen MR) is 90.6 cm³/mol. The zero-order valence-corrected chi connectivity index (χ0v) is 13.6. The smallest absolute Gasteiger partial charge is 0.224 e. The molecule has 2 aliphatic heterocycles. The van der Waals surface area contributed by atoms with Crippen LogP contribution in [0.2, 0.25) is 0 Å². The van der Waals surface area contributed by atoms with Gasteiger partial charge < -0.3 is 15.4 Å². The largest absolute Gasteiger partial charge is 0.491 e. The summed E-state index contributed by atoms with van der Waals surface area (Å²) in [7, 11) is 0. The van der Waals surface area contributed by atoms with Gasteiger partial charge in [-0.05, 0) is 62.5 Å². The first kappa shape index (κ1) is 15.0. The first-order valence-corrected chi connectivity index (χ1v) is 9.04. The maximum Gasteiger partial charge on any atom is 0.224 e. The number of rotatable bonds is 6. The lowest BCUT2D eigenvalue weighted by Gasteiger charge is -2.28. The van der Waals surface area contributed by atoms with E-state index in [9.17, 15) is 4.79 Å². The van der Waals surface area contributed by atoms with E-state index in [1.807, 2.05) is 24.3 Å². The number of anilines is 1. The van der Waals surface area contributed by atoms with Crippen LogP contribution in [0.25, 0.3) is 0 Å². The van der Waals surface area contributed by atoms with Gasteiger partial charge in [0.1, 0.15) is 5.75 Å². The fraction of sp³-hybridized carbons (Fsp3) is 0.632. The molecule has 0 spiro atoms. The second-order valence-electron chi connectivity index (χ2n) is 7.48. The Hall–Kier alpha value is -1.55. The van der Waals surface area contributed by atoms with Crippen LogP contribution in [0.3, 0.4) is 0 Å². The summed E-state index contributed by atoms with van der Waals surface area (Å²) in [6, 6.07) is 9.07. The van der Waals surface area contributed by atoms with Crippen molar-refractivity contribution in [3.63, 3.8) is 0 Å². The monoisotopic (exact) mass is 314 g/mol. The van der Waals surface area contributed by atoms with E-state index >= 15 is 0 Å². The molecule has 23 heavy (non-hydrogen) atoms. The summed E-state index contributed by atoms with van der Waals surface area (Å²) in [5.41, 5.74) is 0.815. The van der Waals surface area contributed by atoms with E-state index in [2.05, 4.69) is 10.6 Å². The van der Waals surface area contributed by atoms with Gasteiger partial charge in [0.2, 0.25) is 5.91 Å². The highest BCUT2D eigenvalue weighted by molar-refractivity contribution is 5.92. The lowest BCUT2D eigenvalue weighted by atomic mass is 9.89. The van der Waals surface area contributed by atoms with Gasteiger partial charge in [0.05, 0.1) is 12.3 Å². The molecule has 1 aromatic carbocycles. The number of amides is 1. The molecule has 2 bridgehead atoms. The van der Waals surface area contributed by atoms with Crippen LogP contribution < -0.4 is 15.4 Å². The van der Waals surface area contributed by atoms with Gasteiger partial charge >= 0.3 is 0 Å². The third kappa shape index (κ3) is 3.86. The molecule has 3 aliphatic rings. The van der Waals surface area contributed by atoms with Crippen LogP contribution in [0.5, 0.6) is 5.75 Å². The number of hydrogen-bond donors (Lipinski definition) is 2. The van der Waals surface area contributed by atoms with E-state index in [0.717, 1.165) is 30.9 Å². The number of ether oxygens (including phenoxy) is 1. The molecule has 2 atom stereocenters. The molecule has 4 nitrogen and oxygen atoms in total. The van der Waals surface area contributed by atoms with Gasteiger partial charge in [0, 0.05) is 18.5 Å². The number of nitrogens with one attached hydrogen (secondary N) is 2. The van der Waals surface area contributed by atoms with Crippen molar-refractivity contribution in [1.82, 2.24) is 5.32 Å². The maximum absolute atomic E-state index is 12.4. The number of carbonyl (C=O) groups is 1. The number of hydrogen-bond acceptors (Lipinski definition) is 3. The van der Waals surface area contributed by atoms with E-state index in [1.165, 1.54) is 25.7 Å². The van der Waals surface area contributed by atoms with Crippen molar-refractivity contribution in [2.24, 2.45) is 11.8 Å². The van der Waals surface area contributed by atoms with E-state index < -0.39 is 0 Å². The minimum Gasteiger partial charge on any atom is -0.491 e. The Morgan fingerprint density at radius 1 is 1.09 bits per heavy atom. The molecule has 0 aromatic heterocycles. The number of carbonyl (C=O) groups excluding carboxylic acids is 1. The van der Waals surface area contributed by atoms with E-state index in [-0.39, 0.29) is 5.91 Å². The summed E-state index contributed by atoms with van der Waals surface area (Å²) < 4.78 is 5.87. The summed E-state index contributed by atoms with van der Waals surface area (Å²) in [6.07, 6.45) is 8.01. The van der Waals surface area contributed by atoms with Gasteiger partial charge in [-0.15, -0.1) is 0 Å². The van der Waals surface area contributed by atoms with Gasteiger partial charge in [-0.25, -0.2) is 0 Å². The highest BCUT2D eigenvalue weighted by Gasteiger charge is 2.34. The first-order chi connectivity index (χ1) is 11.3. The lowest BCUT2D eigenvalue weighted by molar-refractivity contribution is -0.117. The van der Waals surface area contributed by atoms with Crippen LogP contribution in [0.15, 0.2) is 24.3 Å².